The van der Waals surface area contributed by atoms with Gasteiger partial charge in [-0.15, -0.1) is 0 Å². The summed E-state index contributed by atoms with van der Waals surface area (Å²) in [7, 11) is 0. The van der Waals surface area contributed by atoms with E-state index in [-0.39, 0.29) is 5.78 Å². The van der Waals surface area contributed by atoms with Crippen molar-refractivity contribution in [1.29, 1.82) is 0 Å². The van der Waals surface area contributed by atoms with Crippen molar-refractivity contribution in [3.05, 3.63) is 24.3 Å². The molecule has 0 amide bonds. The van der Waals surface area contributed by atoms with E-state index in [0.29, 0.717) is 0 Å². The maximum absolute atomic E-state index is 11.2. The zero-order chi connectivity index (χ0) is 8.81. The highest BCUT2D eigenvalue weighted by Crippen LogP contribution is 2.17. The van der Waals surface area contributed by atoms with Gasteiger partial charge in [0.1, 0.15) is 0 Å². The fourth-order valence-electron chi connectivity index (χ4n) is 1.55. The predicted octanol–water partition coefficient (Wildman–Crippen LogP) is 3.02. The lowest BCUT2D eigenvalue weighted by molar-refractivity contribution is -0.111. The monoisotopic (exact) mass is 164 g/mol. The molecule has 0 atom stereocenters. The summed E-state index contributed by atoms with van der Waals surface area (Å²) >= 11 is 0. The molecule has 1 heteroatoms. The molecule has 66 valence electrons. The first-order valence-corrected chi connectivity index (χ1v) is 4.70. The lowest BCUT2D eigenvalue weighted by atomic mass is 9.97. The molecule has 0 radical (unpaired) electrons. The fraction of sp³-hybridized carbons (Fsp3) is 0.545. The van der Waals surface area contributed by atoms with Crippen molar-refractivity contribution in [2.75, 3.05) is 0 Å². The molecule has 0 aromatic rings. The van der Waals surface area contributed by atoms with E-state index in [1.54, 1.807) is 0 Å². The molecule has 0 spiro atoms. The number of carbonyl (C=O) groups is 1. The third-order valence-electron chi connectivity index (χ3n) is 2.29. The van der Waals surface area contributed by atoms with Crippen molar-refractivity contribution in [2.45, 2.75) is 38.5 Å². The lowest BCUT2D eigenvalue weighted by Crippen LogP contribution is -2.00. The normalized spacial score (nSPS) is 23.2. The first kappa shape index (κ1) is 9.24. The van der Waals surface area contributed by atoms with Crippen LogP contribution in [0.2, 0.25) is 0 Å². The number of hydrogen-bond acceptors (Lipinski definition) is 1. The first-order chi connectivity index (χ1) is 5.84. The number of carbonyl (C=O) groups excluding carboxylic acids is 1. The predicted molar refractivity (Wildman–Crippen MR) is 51.0 cm³/mol. The summed E-state index contributed by atoms with van der Waals surface area (Å²) in [5, 5.41) is 0. The zero-order valence-electron chi connectivity index (χ0n) is 7.51. The van der Waals surface area contributed by atoms with Gasteiger partial charge in [0.2, 0.25) is 0 Å². The minimum atomic E-state index is 0.122. The molecule has 0 saturated carbocycles. The standard InChI is InChI=1S/C11H16O/c1-2-11(12)10-8-6-4-3-5-7-9-10/h2,8H,1,3-7,9H2/b10-8+. The van der Waals surface area contributed by atoms with Gasteiger partial charge in [-0.2, -0.15) is 0 Å². The Labute approximate surface area is 74.2 Å². The Bertz CT molecular complexity index is 201. The molecular weight excluding hydrogens is 148 g/mol. The van der Waals surface area contributed by atoms with Crippen molar-refractivity contribution < 1.29 is 4.79 Å². The fourth-order valence-corrected chi connectivity index (χ4v) is 1.55. The van der Waals surface area contributed by atoms with Crippen LogP contribution in [-0.4, -0.2) is 5.78 Å². The Hall–Kier alpha value is -0.850. The van der Waals surface area contributed by atoms with Gasteiger partial charge in [0, 0.05) is 0 Å². The molecular formula is C11H16O. The lowest BCUT2D eigenvalue weighted by Gasteiger charge is -2.07. The van der Waals surface area contributed by atoms with Gasteiger partial charge in [0.25, 0.3) is 0 Å². The van der Waals surface area contributed by atoms with Crippen molar-refractivity contribution in [1.82, 2.24) is 0 Å². The Morgan fingerprint density at radius 3 is 2.83 bits per heavy atom. The highest BCUT2D eigenvalue weighted by Gasteiger charge is 2.06. The quantitative estimate of drug-likeness (QED) is 0.573. The van der Waals surface area contributed by atoms with E-state index < -0.39 is 0 Å². The highest BCUT2D eigenvalue weighted by atomic mass is 16.1. The van der Waals surface area contributed by atoms with Crippen LogP contribution in [0.1, 0.15) is 38.5 Å². The van der Waals surface area contributed by atoms with Crippen LogP contribution in [0.3, 0.4) is 0 Å². The Morgan fingerprint density at radius 2 is 2.08 bits per heavy atom. The van der Waals surface area contributed by atoms with E-state index in [2.05, 4.69) is 12.7 Å². The molecule has 0 aliphatic heterocycles. The average Bonchev–Trinajstić information content (AvgIpc) is 2.02. The van der Waals surface area contributed by atoms with Gasteiger partial charge in [0.15, 0.2) is 5.78 Å². The highest BCUT2D eigenvalue weighted by molar-refractivity contribution is 6.03. The van der Waals surface area contributed by atoms with Crippen LogP contribution in [0.5, 0.6) is 0 Å². The molecule has 0 heterocycles. The third-order valence-corrected chi connectivity index (χ3v) is 2.29. The number of ketones is 1. The molecule has 0 unspecified atom stereocenters. The summed E-state index contributed by atoms with van der Waals surface area (Å²) in [4.78, 5) is 11.2. The van der Waals surface area contributed by atoms with Gasteiger partial charge >= 0.3 is 0 Å². The number of rotatable bonds is 2. The number of allylic oxidation sites excluding steroid dienone is 3. The summed E-state index contributed by atoms with van der Waals surface area (Å²) in [6.45, 7) is 3.50. The summed E-state index contributed by atoms with van der Waals surface area (Å²) in [6.07, 6.45) is 10.5. The molecule has 1 aliphatic carbocycles. The van der Waals surface area contributed by atoms with Crippen molar-refractivity contribution in [3.8, 4) is 0 Å². The molecule has 1 rings (SSSR count). The van der Waals surface area contributed by atoms with Gasteiger partial charge in [-0.1, -0.05) is 25.5 Å². The largest absolute Gasteiger partial charge is 0.290 e. The Kier molecular flexibility index (Phi) is 3.78. The molecule has 0 fully saturated rings. The Balaban J connectivity index is 2.58. The molecule has 1 aliphatic rings. The topological polar surface area (TPSA) is 17.1 Å². The minimum Gasteiger partial charge on any atom is -0.290 e. The zero-order valence-corrected chi connectivity index (χ0v) is 7.51. The van der Waals surface area contributed by atoms with Gasteiger partial charge in [-0.05, 0) is 37.3 Å². The number of hydrogen-bond donors (Lipinski definition) is 0. The van der Waals surface area contributed by atoms with E-state index in [4.69, 9.17) is 0 Å². The summed E-state index contributed by atoms with van der Waals surface area (Å²) in [6, 6.07) is 0. The molecule has 12 heavy (non-hydrogen) atoms. The van der Waals surface area contributed by atoms with Crippen LogP contribution in [0.15, 0.2) is 24.3 Å². The smallest absolute Gasteiger partial charge is 0.180 e. The summed E-state index contributed by atoms with van der Waals surface area (Å²) in [5.41, 5.74) is 0.977. The molecule has 0 aromatic carbocycles. The first-order valence-electron chi connectivity index (χ1n) is 4.70. The average molecular weight is 164 g/mol. The minimum absolute atomic E-state index is 0.122. The molecule has 1 nitrogen and oxygen atoms in total. The second-order valence-corrected chi connectivity index (χ2v) is 3.25. The molecule has 0 saturated heterocycles. The van der Waals surface area contributed by atoms with Crippen LogP contribution in [0.4, 0.5) is 0 Å². The van der Waals surface area contributed by atoms with Gasteiger partial charge in [0.05, 0.1) is 0 Å². The van der Waals surface area contributed by atoms with E-state index in [9.17, 15) is 4.79 Å². The van der Waals surface area contributed by atoms with Crippen LogP contribution in [-0.2, 0) is 4.79 Å². The second-order valence-electron chi connectivity index (χ2n) is 3.25. The maximum Gasteiger partial charge on any atom is 0.180 e. The van der Waals surface area contributed by atoms with Crippen molar-refractivity contribution in [2.24, 2.45) is 0 Å². The van der Waals surface area contributed by atoms with Crippen LogP contribution in [0, 0.1) is 0 Å². The van der Waals surface area contributed by atoms with E-state index in [1.165, 1.54) is 25.3 Å². The summed E-state index contributed by atoms with van der Waals surface area (Å²) in [5.74, 6) is 0.122. The SMILES string of the molecule is C=CC(=O)/C1=C/CCCCCC1. The van der Waals surface area contributed by atoms with Crippen LogP contribution >= 0.6 is 0 Å². The Morgan fingerprint density at radius 1 is 1.33 bits per heavy atom. The van der Waals surface area contributed by atoms with E-state index in [1.807, 2.05) is 0 Å². The van der Waals surface area contributed by atoms with Gasteiger partial charge in [-0.3, -0.25) is 4.79 Å². The molecule has 0 aromatic heterocycles. The molecule has 0 bridgehead atoms. The van der Waals surface area contributed by atoms with Gasteiger partial charge < -0.3 is 0 Å². The van der Waals surface area contributed by atoms with Crippen molar-refractivity contribution >= 4 is 5.78 Å². The van der Waals surface area contributed by atoms with E-state index >= 15 is 0 Å². The van der Waals surface area contributed by atoms with Gasteiger partial charge in [-0.25, -0.2) is 0 Å². The molecule has 0 N–H and O–H groups in total. The maximum atomic E-state index is 11.2. The van der Waals surface area contributed by atoms with Crippen LogP contribution in [0.25, 0.3) is 0 Å². The third kappa shape index (κ3) is 2.65. The van der Waals surface area contributed by atoms with Crippen molar-refractivity contribution in [3.63, 3.8) is 0 Å². The van der Waals surface area contributed by atoms with E-state index in [0.717, 1.165) is 24.8 Å². The second kappa shape index (κ2) is 4.91. The van der Waals surface area contributed by atoms with Crippen LogP contribution < -0.4 is 0 Å². The summed E-state index contributed by atoms with van der Waals surface area (Å²) < 4.78 is 0.